The van der Waals surface area contributed by atoms with Crippen LogP contribution in [-0.2, 0) is 19.1 Å². The second kappa shape index (κ2) is 15.0. The molecule has 54 heavy (non-hydrogen) atoms. The van der Waals surface area contributed by atoms with Gasteiger partial charge in [-0.2, -0.15) is 0 Å². The van der Waals surface area contributed by atoms with Crippen molar-refractivity contribution in [3.63, 3.8) is 0 Å². The number of allylic oxidation sites excluding steroid dienone is 1. The van der Waals surface area contributed by atoms with E-state index in [-0.39, 0.29) is 39.7 Å². The Labute approximate surface area is 323 Å². The first kappa shape index (κ1) is 38.5. The number of benzene rings is 2. The number of esters is 2. The van der Waals surface area contributed by atoms with Gasteiger partial charge in [-0.25, -0.2) is 9.59 Å². The fourth-order valence-electron chi connectivity index (χ4n) is 13.0. The molecule has 0 N–H and O–H groups in total. The molecule has 2 aromatic carbocycles. The maximum Gasteiger partial charge on any atom is 0.331 e. The van der Waals surface area contributed by atoms with Crippen molar-refractivity contribution >= 4 is 24.1 Å². The van der Waals surface area contributed by atoms with Gasteiger partial charge in [-0.05, 0) is 171 Å². The molecule has 0 amide bonds. The van der Waals surface area contributed by atoms with E-state index >= 15 is 0 Å². The third-order valence-electron chi connectivity index (χ3n) is 16.1. The molecule has 5 saturated carbocycles. The predicted octanol–water partition coefficient (Wildman–Crippen LogP) is 10.9. The standard InChI is InChI=1S/C48H62O6/c1-32(2)39-24-27-48(31-53-42(49)20-12-33-8-14-36(51-6)15-9-33)29-28-46(4)40(44(39)48)18-19-41-45(3)25-23-38(30-35(45)22-26-47(41,46)5)54-43(50)21-13-34-10-16-37(52-7)17-11-34/h8-17,20-21,35,38-41,44H,1,18-19,22-31H2,2-7H3. The molecule has 5 aliphatic rings. The maximum absolute atomic E-state index is 13.1. The Bertz CT molecular complexity index is 1760. The van der Waals surface area contributed by atoms with Crippen LogP contribution >= 0.6 is 0 Å². The number of hydrogen-bond acceptors (Lipinski definition) is 6. The van der Waals surface area contributed by atoms with Crippen molar-refractivity contribution in [2.24, 2.45) is 51.2 Å². The van der Waals surface area contributed by atoms with Gasteiger partial charge >= 0.3 is 11.9 Å². The van der Waals surface area contributed by atoms with E-state index in [1.807, 2.05) is 60.7 Å². The summed E-state index contributed by atoms with van der Waals surface area (Å²) in [5, 5.41) is 0. The molecule has 0 saturated heterocycles. The minimum absolute atomic E-state index is 0.00542. The van der Waals surface area contributed by atoms with Crippen LogP contribution in [0.5, 0.6) is 11.5 Å². The SMILES string of the molecule is C=C(C)C1CCC2(COC(=O)C=Cc3ccc(OC)cc3)CCC3(C)C(CCC4C5(C)CCC(OC(=O)C=Cc6ccc(OC)cc6)CC5CCC43C)C12. The summed E-state index contributed by atoms with van der Waals surface area (Å²) in [4.78, 5) is 26.1. The Morgan fingerprint density at radius 1 is 0.741 bits per heavy atom. The number of methoxy groups -OCH3 is 2. The summed E-state index contributed by atoms with van der Waals surface area (Å²) in [6.07, 6.45) is 19.2. The summed E-state index contributed by atoms with van der Waals surface area (Å²) in [6.45, 7) is 15.2. The van der Waals surface area contributed by atoms with E-state index in [0.29, 0.717) is 36.2 Å². The second-order valence-electron chi connectivity index (χ2n) is 18.3. The fourth-order valence-corrected chi connectivity index (χ4v) is 13.0. The van der Waals surface area contributed by atoms with E-state index < -0.39 is 0 Å². The van der Waals surface area contributed by atoms with E-state index in [0.717, 1.165) is 61.2 Å². The molecule has 0 aromatic heterocycles. The van der Waals surface area contributed by atoms with Crippen LogP contribution in [0.3, 0.4) is 0 Å². The molecular formula is C48H62O6. The van der Waals surface area contributed by atoms with Gasteiger partial charge < -0.3 is 18.9 Å². The maximum atomic E-state index is 13.1. The highest BCUT2D eigenvalue weighted by Crippen LogP contribution is 2.76. The Morgan fingerprint density at radius 3 is 1.98 bits per heavy atom. The van der Waals surface area contributed by atoms with Gasteiger partial charge in [-0.3, -0.25) is 0 Å². The van der Waals surface area contributed by atoms with Crippen molar-refractivity contribution in [3.05, 3.63) is 84.0 Å². The lowest BCUT2D eigenvalue weighted by molar-refractivity contribution is -0.232. The number of carbonyl (C=O) groups is 2. The summed E-state index contributed by atoms with van der Waals surface area (Å²) >= 11 is 0. The first-order valence-corrected chi connectivity index (χ1v) is 20.5. The van der Waals surface area contributed by atoms with Crippen molar-refractivity contribution in [3.8, 4) is 11.5 Å². The number of ether oxygens (including phenoxy) is 4. The minimum Gasteiger partial charge on any atom is -0.497 e. The van der Waals surface area contributed by atoms with Crippen LogP contribution in [0.2, 0.25) is 0 Å². The van der Waals surface area contributed by atoms with E-state index in [1.54, 1.807) is 26.4 Å². The molecule has 0 heterocycles. The number of rotatable bonds is 10. The molecule has 6 heteroatoms. The molecule has 10 atom stereocenters. The van der Waals surface area contributed by atoms with E-state index in [2.05, 4.69) is 34.3 Å². The van der Waals surface area contributed by atoms with Crippen molar-refractivity contribution < 1.29 is 28.5 Å². The molecule has 6 nitrogen and oxygen atoms in total. The van der Waals surface area contributed by atoms with Crippen LogP contribution in [0.15, 0.2) is 72.8 Å². The number of fused-ring (bicyclic) bond motifs is 7. The normalized spacial score (nSPS) is 37.1. The molecule has 0 bridgehead atoms. The number of carbonyl (C=O) groups excluding carboxylic acids is 2. The molecule has 2 aromatic rings. The van der Waals surface area contributed by atoms with Gasteiger partial charge in [0.1, 0.15) is 17.6 Å². The zero-order valence-electron chi connectivity index (χ0n) is 33.5. The Kier molecular flexibility index (Phi) is 10.7. The summed E-state index contributed by atoms with van der Waals surface area (Å²) in [5.41, 5.74) is 3.89. The summed E-state index contributed by atoms with van der Waals surface area (Å²) in [7, 11) is 3.30. The highest BCUT2D eigenvalue weighted by molar-refractivity contribution is 5.87. The largest absolute Gasteiger partial charge is 0.497 e. The van der Waals surface area contributed by atoms with Crippen molar-refractivity contribution in [1.29, 1.82) is 0 Å². The molecule has 7 rings (SSSR count). The van der Waals surface area contributed by atoms with E-state index in [4.69, 9.17) is 18.9 Å². The molecule has 5 aliphatic carbocycles. The van der Waals surface area contributed by atoms with Crippen LogP contribution in [-0.4, -0.2) is 38.9 Å². The third kappa shape index (κ3) is 6.85. The van der Waals surface area contributed by atoms with Gasteiger partial charge in [0.2, 0.25) is 0 Å². The lowest BCUT2D eigenvalue weighted by Crippen LogP contribution is -2.65. The summed E-state index contributed by atoms with van der Waals surface area (Å²) in [6, 6.07) is 15.4. The number of hydrogen-bond donors (Lipinski definition) is 0. The Balaban J connectivity index is 1.03. The fraction of sp³-hybridized carbons (Fsp3) is 0.583. The first-order chi connectivity index (χ1) is 25.8. The van der Waals surface area contributed by atoms with Gasteiger partial charge in [0.05, 0.1) is 20.8 Å². The third-order valence-corrected chi connectivity index (χ3v) is 16.1. The van der Waals surface area contributed by atoms with Crippen LogP contribution < -0.4 is 9.47 Å². The molecule has 0 radical (unpaired) electrons. The molecule has 10 unspecified atom stereocenters. The molecular weight excluding hydrogens is 673 g/mol. The van der Waals surface area contributed by atoms with Gasteiger partial charge in [0.25, 0.3) is 0 Å². The van der Waals surface area contributed by atoms with Crippen LogP contribution in [0.4, 0.5) is 0 Å². The minimum atomic E-state index is -0.262. The van der Waals surface area contributed by atoms with Gasteiger partial charge in [-0.1, -0.05) is 57.2 Å². The second-order valence-corrected chi connectivity index (χ2v) is 18.3. The Hall–Kier alpha value is -3.80. The van der Waals surface area contributed by atoms with Crippen LogP contribution in [0, 0.1) is 51.2 Å². The average molecular weight is 735 g/mol. The van der Waals surface area contributed by atoms with E-state index in [1.165, 1.54) is 37.7 Å². The van der Waals surface area contributed by atoms with Crippen molar-refractivity contribution in [1.82, 2.24) is 0 Å². The molecule has 0 aliphatic heterocycles. The van der Waals surface area contributed by atoms with Crippen LogP contribution in [0.1, 0.15) is 109 Å². The highest BCUT2D eigenvalue weighted by atomic mass is 16.5. The van der Waals surface area contributed by atoms with Gasteiger partial charge in [0, 0.05) is 17.6 Å². The Morgan fingerprint density at radius 2 is 1.37 bits per heavy atom. The van der Waals surface area contributed by atoms with Crippen molar-refractivity contribution in [2.75, 3.05) is 20.8 Å². The van der Waals surface area contributed by atoms with Gasteiger partial charge in [-0.15, -0.1) is 0 Å². The van der Waals surface area contributed by atoms with Crippen LogP contribution in [0.25, 0.3) is 12.2 Å². The molecule has 5 fully saturated rings. The van der Waals surface area contributed by atoms with Crippen molar-refractivity contribution in [2.45, 2.75) is 104 Å². The quantitative estimate of drug-likeness (QED) is 0.137. The lowest BCUT2D eigenvalue weighted by atomic mass is 9.33. The average Bonchev–Trinajstić information content (AvgIpc) is 3.57. The smallest absolute Gasteiger partial charge is 0.331 e. The van der Waals surface area contributed by atoms with E-state index in [9.17, 15) is 9.59 Å². The zero-order valence-corrected chi connectivity index (χ0v) is 33.5. The summed E-state index contributed by atoms with van der Waals surface area (Å²) in [5.74, 6) is 3.83. The molecule has 290 valence electrons. The monoisotopic (exact) mass is 734 g/mol. The predicted molar refractivity (Wildman–Crippen MR) is 215 cm³/mol. The van der Waals surface area contributed by atoms with Gasteiger partial charge in [0.15, 0.2) is 0 Å². The summed E-state index contributed by atoms with van der Waals surface area (Å²) < 4.78 is 22.8. The first-order valence-electron chi connectivity index (χ1n) is 20.5. The molecule has 0 spiro atoms. The topological polar surface area (TPSA) is 71.1 Å². The zero-order chi connectivity index (χ0) is 38.3. The highest BCUT2D eigenvalue weighted by Gasteiger charge is 2.69. The lowest BCUT2D eigenvalue weighted by Gasteiger charge is -2.71.